The van der Waals surface area contributed by atoms with Crippen LogP contribution >= 0.6 is 0 Å². The summed E-state index contributed by atoms with van der Waals surface area (Å²) in [6.45, 7) is 4.67. The molecule has 0 radical (unpaired) electrons. The van der Waals surface area contributed by atoms with Crippen LogP contribution in [0.3, 0.4) is 0 Å². The Morgan fingerprint density at radius 3 is 2.71 bits per heavy atom. The van der Waals surface area contributed by atoms with Crippen molar-refractivity contribution in [3.63, 3.8) is 0 Å². The number of rotatable bonds is 5. The lowest BCUT2D eigenvalue weighted by Crippen LogP contribution is -1.99. The number of aryl methyl sites for hydroxylation is 1. The molecular weight excluding hydrogens is 178 g/mol. The summed E-state index contributed by atoms with van der Waals surface area (Å²) < 4.78 is 5.31. The lowest BCUT2D eigenvalue weighted by Gasteiger charge is -2.07. The van der Waals surface area contributed by atoms with Crippen LogP contribution in [0.15, 0.2) is 12.1 Å². The van der Waals surface area contributed by atoms with Crippen LogP contribution in [0, 0.1) is 0 Å². The molecule has 1 N–H and O–H groups in total. The van der Waals surface area contributed by atoms with Gasteiger partial charge in [-0.3, -0.25) is 0 Å². The molecular formula is C11H17NO2. The van der Waals surface area contributed by atoms with Gasteiger partial charge in [-0.2, -0.15) is 0 Å². The van der Waals surface area contributed by atoms with Gasteiger partial charge in [0.25, 0.3) is 0 Å². The number of pyridine rings is 1. The minimum absolute atomic E-state index is 0.0410. The minimum atomic E-state index is 0.0410. The molecule has 14 heavy (non-hydrogen) atoms. The Labute approximate surface area is 84.7 Å². The number of aromatic nitrogens is 1. The maximum Gasteiger partial charge on any atom is 0.213 e. The Balaban J connectivity index is 2.88. The molecule has 1 heterocycles. The molecule has 0 bridgehead atoms. The molecule has 0 aromatic carbocycles. The van der Waals surface area contributed by atoms with Crippen molar-refractivity contribution in [2.24, 2.45) is 0 Å². The molecule has 0 aliphatic carbocycles. The number of aliphatic hydroxyl groups excluding tert-OH is 1. The molecule has 0 aliphatic heterocycles. The molecule has 0 fully saturated rings. The second kappa shape index (κ2) is 5.60. The van der Waals surface area contributed by atoms with Gasteiger partial charge in [-0.05, 0) is 25.0 Å². The van der Waals surface area contributed by atoms with Gasteiger partial charge in [0, 0.05) is 11.8 Å². The first-order valence-electron chi connectivity index (χ1n) is 5.03. The Kier molecular flexibility index (Phi) is 4.40. The van der Waals surface area contributed by atoms with Crippen molar-refractivity contribution < 1.29 is 9.84 Å². The van der Waals surface area contributed by atoms with Gasteiger partial charge in [0.1, 0.15) is 0 Å². The first-order valence-corrected chi connectivity index (χ1v) is 5.03. The number of ether oxygens (including phenoxy) is 1. The predicted octanol–water partition coefficient (Wildman–Crippen LogP) is 1.93. The highest BCUT2D eigenvalue weighted by molar-refractivity contribution is 5.24. The zero-order valence-electron chi connectivity index (χ0n) is 8.79. The van der Waals surface area contributed by atoms with Gasteiger partial charge < -0.3 is 9.84 Å². The molecule has 0 spiro atoms. The molecule has 0 amide bonds. The molecule has 0 saturated carbocycles. The van der Waals surface area contributed by atoms with Crippen LogP contribution in [0.1, 0.15) is 31.5 Å². The van der Waals surface area contributed by atoms with Crippen LogP contribution < -0.4 is 4.74 Å². The fourth-order valence-corrected chi connectivity index (χ4v) is 1.32. The highest BCUT2D eigenvalue weighted by Gasteiger charge is 2.02. The summed E-state index contributed by atoms with van der Waals surface area (Å²) in [5, 5.41) is 9.04. The van der Waals surface area contributed by atoms with Crippen molar-refractivity contribution in [1.29, 1.82) is 0 Å². The molecule has 1 aromatic heterocycles. The maximum atomic E-state index is 9.04. The Morgan fingerprint density at radius 2 is 2.14 bits per heavy atom. The summed E-state index contributed by atoms with van der Waals surface area (Å²) in [7, 11) is 0. The summed E-state index contributed by atoms with van der Waals surface area (Å²) >= 11 is 0. The first kappa shape index (κ1) is 11.0. The van der Waals surface area contributed by atoms with Crippen molar-refractivity contribution in [3.8, 4) is 5.88 Å². The van der Waals surface area contributed by atoms with E-state index in [2.05, 4.69) is 11.9 Å². The van der Waals surface area contributed by atoms with Crippen LogP contribution in [0.5, 0.6) is 5.88 Å². The van der Waals surface area contributed by atoms with Gasteiger partial charge >= 0.3 is 0 Å². The molecule has 3 heteroatoms. The zero-order valence-corrected chi connectivity index (χ0v) is 8.79. The van der Waals surface area contributed by atoms with E-state index >= 15 is 0 Å². The number of nitrogens with zero attached hydrogens (tertiary/aromatic N) is 1. The van der Waals surface area contributed by atoms with Gasteiger partial charge in [0.05, 0.1) is 13.2 Å². The van der Waals surface area contributed by atoms with Crippen molar-refractivity contribution in [2.45, 2.75) is 33.3 Å². The third-order valence-electron chi connectivity index (χ3n) is 1.90. The zero-order chi connectivity index (χ0) is 10.4. The van der Waals surface area contributed by atoms with Gasteiger partial charge in [-0.25, -0.2) is 4.98 Å². The van der Waals surface area contributed by atoms with E-state index in [1.807, 2.05) is 13.0 Å². The van der Waals surface area contributed by atoms with Gasteiger partial charge in [0.2, 0.25) is 5.88 Å². The normalized spacial score (nSPS) is 10.2. The van der Waals surface area contributed by atoms with E-state index in [9.17, 15) is 0 Å². The standard InChI is InChI=1S/C11H17NO2/c1-3-5-10-6-9(8-13)7-11(12-10)14-4-2/h6-7,13H,3-5,8H2,1-2H3. The van der Waals surface area contributed by atoms with E-state index in [4.69, 9.17) is 9.84 Å². The predicted molar refractivity (Wildman–Crippen MR) is 55.3 cm³/mol. The van der Waals surface area contributed by atoms with E-state index in [1.165, 1.54) is 0 Å². The van der Waals surface area contributed by atoms with Crippen LogP contribution in [-0.4, -0.2) is 16.7 Å². The van der Waals surface area contributed by atoms with Crippen LogP contribution in [0.25, 0.3) is 0 Å². The quantitative estimate of drug-likeness (QED) is 0.780. The fraction of sp³-hybridized carbons (Fsp3) is 0.545. The average Bonchev–Trinajstić information content (AvgIpc) is 2.18. The van der Waals surface area contributed by atoms with Crippen LogP contribution in [0.2, 0.25) is 0 Å². The maximum absolute atomic E-state index is 9.04. The van der Waals surface area contributed by atoms with Crippen molar-refractivity contribution >= 4 is 0 Å². The minimum Gasteiger partial charge on any atom is -0.478 e. The molecule has 0 aliphatic rings. The van der Waals surface area contributed by atoms with Crippen LogP contribution in [-0.2, 0) is 13.0 Å². The lowest BCUT2D eigenvalue weighted by molar-refractivity contribution is 0.278. The second-order valence-electron chi connectivity index (χ2n) is 3.15. The highest BCUT2D eigenvalue weighted by Crippen LogP contribution is 2.14. The molecule has 78 valence electrons. The first-order chi connectivity index (χ1) is 6.80. The number of aliphatic hydroxyl groups is 1. The van der Waals surface area contributed by atoms with E-state index in [0.717, 1.165) is 24.1 Å². The van der Waals surface area contributed by atoms with Crippen molar-refractivity contribution in [3.05, 3.63) is 23.4 Å². The number of hydrogen-bond acceptors (Lipinski definition) is 3. The van der Waals surface area contributed by atoms with E-state index in [0.29, 0.717) is 12.5 Å². The Morgan fingerprint density at radius 1 is 1.36 bits per heavy atom. The van der Waals surface area contributed by atoms with Crippen molar-refractivity contribution in [2.75, 3.05) is 6.61 Å². The van der Waals surface area contributed by atoms with Gasteiger partial charge in [-0.1, -0.05) is 13.3 Å². The van der Waals surface area contributed by atoms with Crippen LogP contribution in [0.4, 0.5) is 0 Å². The molecule has 3 nitrogen and oxygen atoms in total. The van der Waals surface area contributed by atoms with Gasteiger partial charge in [-0.15, -0.1) is 0 Å². The van der Waals surface area contributed by atoms with E-state index in [1.54, 1.807) is 6.07 Å². The third-order valence-corrected chi connectivity index (χ3v) is 1.90. The fourth-order valence-electron chi connectivity index (χ4n) is 1.32. The molecule has 0 saturated heterocycles. The average molecular weight is 195 g/mol. The highest BCUT2D eigenvalue weighted by atomic mass is 16.5. The molecule has 0 atom stereocenters. The largest absolute Gasteiger partial charge is 0.478 e. The second-order valence-corrected chi connectivity index (χ2v) is 3.15. The summed E-state index contributed by atoms with van der Waals surface area (Å²) in [5.41, 5.74) is 1.86. The summed E-state index contributed by atoms with van der Waals surface area (Å²) in [4.78, 5) is 4.33. The summed E-state index contributed by atoms with van der Waals surface area (Å²) in [5.74, 6) is 0.613. The monoisotopic (exact) mass is 195 g/mol. The molecule has 1 aromatic rings. The smallest absolute Gasteiger partial charge is 0.213 e. The SMILES string of the molecule is CCCc1cc(CO)cc(OCC)n1. The van der Waals surface area contributed by atoms with Gasteiger partial charge in [0.15, 0.2) is 0 Å². The summed E-state index contributed by atoms with van der Waals surface area (Å²) in [6.07, 6.45) is 1.97. The number of hydrogen-bond donors (Lipinski definition) is 1. The molecule has 0 unspecified atom stereocenters. The van der Waals surface area contributed by atoms with E-state index < -0.39 is 0 Å². The lowest BCUT2D eigenvalue weighted by atomic mass is 10.2. The topological polar surface area (TPSA) is 42.4 Å². The Bertz CT molecular complexity index is 262. The Hall–Kier alpha value is -1.09. The van der Waals surface area contributed by atoms with E-state index in [-0.39, 0.29) is 6.61 Å². The molecule has 1 rings (SSSR count). The van der Waals surface area contributed by atoms with Crippen molar-refractivity contribution in [1.82, 2.24) is 4.98 Å². The third kappa shape index (κ3) is 3.00. The summed E-state index contributed by atoms with van der Waals surface area (Å²) in [6, 6.07) is 3.70.